The summed E-state index contributed by atoms with van der Waals surface area (Å²) in [5.74, 6) is 0.872. The molecule has 1 aromatic heterocycles. The zero-order chi connectivity index (χ0) is 13.8. The molecular formula is C14H20N6. The molecule has 1 unspecified atom stereocenters. The Balaban J connectivity index is 1.80. The van der Waals surface area contributed by atoms with Crippen LogP contribution >= 0.6 is 0 Å². The molecule has 3 rings (SSSR count). The molecular weight excluding hydrogens is 252 g/mol. The van der Waals surface area contributed by atoms with Crippen LogP contribution in [0.4, 0.5) is 0 Å². The van der Waals surface area contributed by atoms with Gasteiger partial charge in [0.2, 0.25) is 0 Å². The second-order valence-corrected chi connectivity index (χ2v) is 5.20. The summed E-state index contributed by atoms with van der Waals surface area (Å²) in [6.07, 6.45) is 3.66. The van der Waals surface area contributed by atoms with Crippen molar-refractivity contribution in [3.05, 3.63) is 36.2 Å². The Morgan fingerprint density at radius 3 is 2.85 bits per heavy atom. The SMILES string of the molecule is NCC1CCCCN1Cc1nnnn1-c1ccccc1. The number of hydrogen-bond acceptors (Lipinski definition) is 5. The fraction of sp³-hybridized carbons (Fsp3) is 0.500. The first-order valence-electron chi connectivity index (χ1n) is 7.15. The molecule has 0 bridgehead atoms. The van der Waals surface area contributed by atoms with Gasteiger partial charge in [0, 0.05) is 12.6 Å². The Kier molecular flexibility index (Phi) is 4.03. The lowest BCUT2D eigenvalue weighted by molar-refractivity contribution is 0.140. The summed E-state index contributed by atoms with van der Waals surface area (Å²) in [7, 11) is 0. The van der Waals surface area contributed by atoms with Gasteiger partial charge in [0.25, 0.3) is 0 Å². The zero-order valence-electron chi connectivity index (χ0n) is 11.5. The van der Waals surface area contributed by atoms with Crippen LogP contribution in [-0.4, -0.2) is 44.2 Å². The summed E-state index contributed by atoms with van der Waals surface area (Å²) >= 11 is 0. The van der Waals surface area contributed by atoms with Crippen molar-refractivity contribution >= 4 is 0 Å². The number of tetrazole rings is 1. The van der Waals surface area contributed by atoms with E-state index >= 15 is 0 Å². The molecule has 20 heavy (non-hydrogen) atoms. The Hall–Kier alpha value is -1.79. The second kappa shape index (κ2) is 6.11. The Bertz CT molecular complexity index is 538. The molecule has 1 saturated heterocycles. The van der Waals surface area contributed by atoms with E-state index in [1.54, 1.807) is 0 Å². The molecule has 1 aliphatic rings. The van der Waals surface area contributed by atoms with E-state index in [0.29, 0.717) is 12.6 Å². The van der Waals surface area contributed by atoms with Gasteiger partial charge in [-0.3, -0.25) is 4.90 Å². The maximum Gasteiger partial charge on any atom is 0.170 e. The lowest BCUT2D eigenvalue weighted by Gasteiger charge is -2.34. The zero-order valence-corrected chi connectivity index (χ0v) is 11.5. The average molecular weight is 272 g/mol. The van der Waals surface area contributed by atoms with Crippen LogP contribution < -0.4 is 5.73 Å². The fourth-order valence-corrected chi connectivity index (χ4v) is 2.79. The van der Waals surface area contributed by atoms with Gasteiger partial charge in [-0.15, -0.1) is 5.10 Å². The highest BCUT2D eigenvalue weighted by Crippen LogP contribution is 2.18. The molecule has 106 valence electrons. The van der Waals surface area contributed by atoms with Crippen LogP contribution in [0.1, 0.15) is 25.1 Å². The summed E-state index contributed by atoms with van der Waals surface area (Å²) in [6.45, 7) is 2.53. The average Bonchev–Trinajstić information content (AvgIpc) is 2.97. The minimum Gasteiger partial charge on any atom is -0.329 e. The van der Waals surface area contributed by atoms with E-state index in [1.807, 2.05) is 35.0 Å². The topological polar surface area (TPSA) is 72.9 Å². The molecule has 0 spiro atoms. The standard InChI is InChI=1S/C14H20N6/c15-10-13-8-4-5-9-19(13)11-14-16-17-18-20(14)12-6-2-1-3-7-12/h1-3,6-7,13H,4-5,8-11,15H2. The minimum atomic E-state index is 0.449. The molecule has 0 aliphatic carbocycles. The van der Waals surface area contributed by atoms with Crippen molar-refractivity contribution in [3.63, 3.8) is 0 Å². The van der Waals surface area contributed by atoms with Crippen molar-refractivity contribution in [3.8, 4) is 5.69 Å². The predicted molar refractivity (Wildman–Crippen MR) is 76.3 cm³/mol. The maximum atomic E-state index is 5.87. The van der Waals surface area contributed by atoms with Gasteiger partial charge in [-0.25, -0.2) is 0 Å². The third-order valence-corrected chi connectivity index (χ3v) is 3.90. The second-order valence-electron chi connectivity index (χ2n) is 5.20. The van der Waals surface area contributed by atoms with Gasteiger partial charge in [0.05, 0.1) is 12.2 Å². The highest BCUT2D eigenvalue weighted by Gasteiger charge is 2.23. The minimum absolute atomic E-state index is 0.449. The molecule has 2 aromatic rings. The first-order chi connectivity index (χ1) is 9.88. The Labute approximate surface area is 118 Å². The van der Waals surface area contributed by atoms with Crippen molar-refractivity contribution in [2.75, 3.05) is 13.1 Å². The number of nitrogens with zero attached hydrogens (tertiary/aromatic N) is 5. The molecule has 1 aromatic carbocycles. The van der Waals surface area contributed by atoms with Crippen molar-refractivity contribution in [1.29, 1.82) is 0 Å². The summed E-state index contributed by atoms with van der Waals surface area (Å²) < 4.78 is 1.81. The summed E-state index contributed by atoms with van der Waals surface area (Å²) in [6, 6.07) is 10.4. The normalized spacial score (nSPS) is 20.1. The first kappa shape index (κ1) is 13.2. The summed E-state index contributed by atoms with van der Waals surface area (Å²) in [5.41, 5.74) is 6.87. The number of benzene rings is 1. The van der Waals surface area contributed by atoms with Crippen LogP contribution in [-0.2, 0) is 6.54 Å². The van der Waals surface area contributed by atoms with E-state index in [0.717, 1.165) is 24.6 Å². The van der Waals surface area contributed by atoms with Crippen LogP contribution in [0.3, 0.4) is 0 Å². The molecule has 1 aliphatic heterocycles. The van der Waals surface area contributed by atoms with Crippen molar-refractivity contribution < 1.29 is 0 Å². The van der Waals surface area contributed by atoms with Crippen LogP contribution in [0.5, 0.6) is 0 Å². The largest absolute Gasteiger partial charge is 0.329 e. The number of hydrogen-bond donors (Lipinski definition) is 1. The lowest BCUT2D eigenvalue weighted by atomic mass is 10.0. The number of aromatic nitrogens is 4. The van der Waals surface area contributed by atoms with Gasteiger partial charge in [0.15, 0.2) is 5.82 Å². The molecule has 1 fully saturated rings. The number of para-hydroxylation sites is 1. The molecule has 6 nitrogen and oxygen atoms in total. The highest BCUT2D eigenvalue weighted by molar-refractivity contribution is 5.30. The molecule has 0 saturated carbocycles. The molecule has 0 amide bonds. The fourth-order valence-electron chi connectivity index (χ4n) is 2.79. The van der Waals surface area contributed by atoms with Crippen molar-refractivity contribution in [2.45, 2.75) is 31.8 Å². The maximum absolute atomic E-state index is 5.87. The van der Waals surface area contributed by atoms with E-state index < -0.39 is 0 Å². The molecule has 6 heteroatoms. The number of rotatable bonds is 4. The Morgan fingerprint density at radius 2 is 2.05 bits per heavy atom. The van der Waals surface area contributed by atoms with Crippen LogP contribution in [0, 0.1) is 0 Å². The smallest absolute Gasteiger partial charge is 0.170 e. The van der Waals surface area contributed by atoms with Gasteiger partial charge in [-0.1, -0.05) is 24.6 Å². The third kappa shape index (κ3) is 2.71. The van der Waals surface area contributed by atoms with Crippen LogP contribution in [0.15, 0.2) is 30.3 Å². The van der Waals surface area contributed by atoms with E-state index in [-0.39, 0.29) is 0 Å². The van der Waals surface area contributed by atoms with Crippen molar-refractivity contribution in [2.24, 2.45) is 5.73 Å². The van der Waals surface area contributed by atoms with E-state index in [9.17, 15) is 0 Å². The van der Waals surface area contributed by atoms with Gasteiger partial charge in [-0.05, 0) is 41.9 Å². The summed E-state index contributed by atoms with van der Waals surface area (Å²) in [5, 5.41) is 12.1. The molecule has 1 atom stereocenters. The molecule has 2 N–H and O–H groups in total. The van der Waals surface area contributed by atoms with Gasteiger partial charge < -0.3 is 5.73 Å². The third-order valence-electron chi connectivity index (χ3n) is 3.90. The van der Waals surface area contributed by atoms with E-state index in [1.165, 1.54) is 19.3 Å². The number of piperidine rings is 1. The van der Waals surface area contributed by atoms with Gasteiger partial charge in [-0.2, -0.15) is 4.68 Å². The van der Waals surface area contributed by atoms with Gasteiger partial charge >= 0.3 is 0 Å². The lowest BCUT2D eigenvalue weighted by Crippen LogP contribution is -2.43. The number of likely N-dealkylation sites (tertiary alicyclic amines) is 1. The molecule has 0 radical (unpaired) electrons. The van der Waals surface area contributed by atoms with E-state index in [2.05, 4.69) is 20.4 Å². The van der Waals surface area contributed by atoms with E-state index in [4.69, 9.17) is 5.73 Å². The first-order valence-corrected chi connectivity index (χ1v) is 7.15. The predicted octanol–water partition coefficient (Wildman–Crippen LogP) is 0.975. The summed E-state index contributed by atoms with van der Waals surface area (Å²) in [4.78, 5) is 2.40. The monoisotopic (exact) mass is 272 g/mol. The molecule has 2 heterocycles. The number of nitrogens with two attached hydrogens (primary N) is 1. The van der Waals surface area contributed by atoms with Gasteiger partial charge in [0.1, 0.15) is 0 Å². The van der Waals surface area contributed by atoms with Crippen LogP contribution in [0.25, 0.3) is 5.69 Å². The van der Waals surface area contributed by atoms with Crippen molar-refractivity contribution in [1.82, 2.24) is 25.1 Å². The van der Waals surface area contributed by atoms with Crippen LogP contribution in [0.2, 0.25) is 0 Å². The quantitative estimate of drug-likeness (QED) is 0.898. The Morgan fingerprint density at radius 1 is 1.20 bits per heavy atom. The highest BCUT2D eigenvalue weighted by atomic mass is 15.5.